The first kappa shape index (κ1) is 21.9. The number of nitrogens with zero attached hydrogens (tertiary/aromatic N) is 3. The Hall–Kier alpha value is -2.80. The third-order valence-electron chi connectivity index (χ3n) is 4.90. The van der Waals surface area contributed by atoms with Gasteiger partial charge in [-0.3, -0.25) is 4.79 Å². The number of ether oxygens (including phenoxy) is 1. The van der Waals surface area contributed by atoms with E-state index in [0.29, 0.717) is 13.2 Å². The molecule has 0 bridgehead atoms. The van der Waals surface area contributed by atoms with Gasteiger partial charge in [-0.2, -0.15) is 0 Å². The molecule has 0 atom stereocenters. The van der Waals surface area contributed by atoms with Crippen LogP contribution in [0.5, 0.6) is 5.75 Å². The lowest BCUT2D eigenvalue weighted by molar-refractivity contribution is -0.113. The number of hydrogen-bond donors (Lipinski definition) is 1. The van der Waals surface area contributed by atoms with Crippen LogP contribution in [0.15, 0.2) is 47.6 Å². The summed E-state index contributed by atoms with van der Waals surface area (Å²) in [5, 5.41) is 12.3. The van der Waals surface area contributed by atoms with Crippen LogP contribution in [0, 0.1) is 13.8 Å². The molecule has 0 saturated carbocycles. The molecule has 0 radical (unpaired) electrons. The number of carbonyl (C=O) groups excluding carboxylic acids is 1. The van der Waals surface area contributed by atoms with Crippen LogP contribution in [0.1, 0.15) is 36.4 Å². The highest BCUT2D eigenvalue weighted by Gasteiger charge is 2.15. The maximum atomic E-state index is 12.5. The Morgan fingerprint density at radius 3 is 2.57 bits per heavy atom. The van der Waals surface area contributed by atoms with Gasteiger partial charge < -0.3 is 14.6 Å². The van der Waals surface area contributed by atoms with Crippen LogP contribution in [-0.2, 0) is 24.4 Å². The number of anilines is 1. The summed E-state index contributed by atoms with van der Waals surface area (Å²) in [7, 11) is 0. The third-order valence-corrected chi connectivity index (χ3v) is 5.86. The summed E-state index contributed by atoms with van der Waals surface area (Å²) in [5.74, 6) is 1.80. The van der Waals surface area contributed by atoms with Crippen molar-refractivity contribution < 1.29 is 9.53 Å². The van der Waals surface area contributed by atoms with Gasteiger partial charge in [0.1, 0.15) is 12.4 Å². The normalized spacial score (nSPS) is 10.8. The monoisotopic (exact) mass is 424 g/mol. The molecule has 1 N–H and O–H groups in total. The average molecular weight is 425 g/mol. The van der Waals surface area contributed by atoms with E-state index in [1.165, 1.54) is 11.8 Å². The Labute approximate surface area is 182 Å². The molecule has 7 heteroatoms. The number of aryl methyl sites for hydroxylation is 3. The van der Waals surface area contributed by atoms with Gasteiger partial charge in [0.15, 0.2) is 11.0 Å². The van der Waals surface area contributed by atoms with Crippen LogP contribution in [0.4, 0.5) is 5.69 Å². The highest BCUT2D eigenvalue weighted by Crippen LogP contribution is 2.23. The number of amides is 1. The quantitative estimate of drug-likeness (QED) is 0.500. The minimum atomic E-state index is -0.0487. The van der Waals surface area contributed by atoms with Gasteiger partial charge in [0.05, 0.1) is 5.75 Å². The first-order valence-corrected chi connectivity index (χ1v) is 11.1. The topological polar surface area (TPSA) is 69.0 Å². The summed E-state index contributed by atoms with van der Waals surface area (Å²) in [6, 6.07) is 14.0. The third kappa shape index (κ3) is 5.21. The van der Waals surface area contributed by atoms with Crippen molar-refractivity contribution in [1.29, 1.82) is 0 Å². The average Bonchev–Trinajstić information content (AvgIpc) is 3.15. The van der Waals surface area contributed by atoms with E-state index in [4.69, 9.17) is 4.74 Å². The molecule has 2 aromatic carbocycles. The van der Waals surface area contributed by atoms with E-state index in [1.54, 1.807) is 0 Å². The number of nitrogens with one attached hydrogen (secondary N) is 1. The van der Waals surface area contributed by atoms with Gasteiger partial charge in [-0.1, -0.05) is 55.1 Å². The van der Waals surface area contributed by atoms with Gasteiger partial charge in [-0.25, -0.2) is 0 Å². The summed E-state index contributed by atoms with van der Waals surface area (Å²) in [6.45, 7) is 9.19. The van der Waals surface area contributed by atoms with Crippen molar-refractivity contribution in [2.75, 3.05) is 11.1 Å². The van der Waals surface area contributed by atoms with Crippen molar-refractivity contribution in [3.8, 4) is 5.75 Å². The number of thioether (sulfide) groups is 1. The summed E-state index contributed by atoms with van der Waals surface area (Å²) in [4.78, 5) is 12.5. The standard InChI is InChI=1S/C23H28N4O2S/c1-5-18-12-9-11-17(4)22(18)24-21(28)15-30-23-26-25-20(27(23)6-2)14-29-19-13-8-7-10-16(19)3/h7-13H,5-6,14-15H2,1-4H3,(H,24,28). The lowest BCUT2D eigenvalue weighted by atomic mass is 10.1. The fourth-order valence-corrected chi connectivity index (χ4v) is 4.04. The van der Waals surface area contributed by atoms with Crippen LogP contribution in [0.2, 0.25) is 0 Å². The fourth-order valence-electron chi connectivity index (χ4n) is 3.22. The van der Waals surface area contributed by atoms with Crippen molar-refractivity contribution >= 4 is 23.4 Å². The van der Waals surface area contributed by atoms with E-state index in [-0.39, 0.29) is 11.7 Å². The molecule has 1 amide bonds. The molecule has 0 unspecified atom stereocenters. The summed E-state index contributed by atoms with van der Waals surface area (Å²) in [6.07, 6.45) is 0.874. The number of aromatic nitrogens is 3. The van der Waals surface area contributed by atoms with E-state index >= 15 is 0 Å². The lowest BCUT2D eigenvalue weighted by Crippen LogP contribution is -2.17. The maximum absolute atomic E-state index is 12.5. The Kier molecular flexibility index (Phi) is 7.52. The highest BCUT2D eigenvalue weighted by molar-refractivity contribution is 7.99. The zero-order chi connectivity index (χ0) is 21.5. The molecule has 1 heterocycles. The van der Waals surface area contributed by atoms with Crippen molar-refractivity contribution in [2.24, 2.45) is 0 Å². The molecule has 0 aliphatic carbocycles. The molecule has 0 fully saturated rings. The van der Waals surface area contributed by atoms with Gasteiger partial charge in [-0.15, -0.1) is 10.2 Å². The van der Waals surface area contributed by atoms with Gasteiger partial charge in [0, 0.05) is 12.2 Å². The second kappa shape index (κ2) is 10.3. The number of hydrogen-bond acceptors (Lipinski definition) is 5. The number of para-hydroxylation sites is 2. The predicted molar refractivity (Wildman–Crippen MR) is 121 cm³/mol. The second-order valence-corrected chi connectivity index (χ2v) is 7.94. The van der Waals surface area contributed by atoms with Crippen LogP contribution in [-0.4, -0.2) is 26.4 Å². The van der Waals surface area contributed by atoms with Gasteiger partial charge in [0.2, 0.25) is 5.91 Å². The van der Waals surface area contributed by atoms with E-state index in [9.17, 15) is 4.79 Å². The van der Waals surface area contributed by atoms with Crippen LogP contribution in [0.25, 0.3) is 0 Å². The molecule has 1 aromatic heterocycles. The largest absolute Gasteiger partial charge is 0.485 e. The molecule has 0 saturated heterocycles. The summed E-state index contributed by atoms with van der Waals surface area (Å²) < 4.78 is 7.90. The van der Waals surface area contributed by atoms with Crippen LogP contribution < -0.4 is 10.1 Å². The first-order chi connectivity index (χ1) is 14.5. The zero-order valence-electron chi connectivity index (χ0n) is 17.9. The number of rotatable bonds is 9. The van der Waals surface area contributed by atoms with Crippen LogP contribution in [0.3, 0.4) is 0 Å². The van der Waals surface area contributed by atoms with Crippen LogP contribution >= 0.6 is 11.8 Å². The molecule has 158 valence electrons. The molecular weight excluding hydrogens is 396 g/mol. The van der Waals surface area contributed by atoms with Gasteiger partial charge in [-0.05, 0) is 49.9 Å². The predicted octanol–water partition coefficient (Wildman–Crippen LogP) is 4.79. The van der Waals surface area contributed by atoms with Gasteiger partial charge >= 0.3 is 0 Å². The summed E-state index contributed by atoms with van der Waals surface area (Å²) in [5.41, 5.74) is 4.20. The Balaban J connectivity index is 1.62. The molecule has 0 spiro atoms. The molecule has 3 rings (SSSR count). The van der Waals surface area contributed by atoms with Gasteiger partial charge in [0.25, 0.3) is 0 Å². The first-order valence-electron chi connectivity index (χ1n) is 10.1. The fraction of sp³-hybridized carbons (Fsp3) is 0.348. The minimum absolute atomic E-state index is 0.0487. The molecule has 0 aliphatic heterocycles. The number of carbonyl (C=O) groups is 1. The summed E-state index contributed by atoms with van der Waals surface area (Å²) >= 11 is 1.39. The lowest BCUT2D eigenvalue weighted by Gasteiger charge is -2.13. The van der Waals surface area contributed by atoms with Crippen molar-refractivity contribution in [2.45, 2.75) is 52.4 Å². The smallest absolute Gasteiger partial charge is 0.234 e. The van der Waals surface area contributed by atoms with Crippen molar-refractivity contribution in [3.63, 3.8) is 0 Å². The highest BCUT2D eigenvalue weighted by atomic mass is 32.2. The second-order valence-electron chi connectivity index (χ2n) is 7.00. The molecule has 6 nitrogen and oxygen atoms in total. The SMILES string of the molecule is CCc1cccc(C)c1NC(=O)CSc1nnc(COc2ccccc2C)n1CC. The van der Waals surface area contributed by atoms with E-state index < -0.39 is 0 Å². The van der Waals surface area contributed by atoms with E-state index in [1.807, 2.05) is 67.8 Å². The Morgan fingerprint density at radius 1 is 1.07 bits per heavy atom. The number of benzene rings is 2. The van der Waals surface area contributed by atoms with E-state index in [2.05, 4.69) is 22.4 Å². The molecule has 3 aromatic rings. The molecular formula is C23H28N4O2S. The zero-order valence-corrected chi connectivity index (χ0v) is 18.8. The van der Waals surface area contributed by atoms with Crippen molar-refractivity contribution in [1.82, 2.24) is 14.8 Å². The minimum Gasteiger partial charge on any atom is -0.485 e. The maximum Gasteiger partial charge on any atom is 0.234 e. The van der Waals surface area contributed by atoms with Crippen molar-refractivity contribution in [3.05, 3.63) is 65.0 Å². The van der Waals surface area contributed by atoms with E-state index in [0.717, 1.165) is 45.5 Å². The Morgan fingerprint density at radius 2 is 1.83 bits per heavy atom. The Bertz CT molecular complexity index is 1020. The molecule has 30 heavy (non-hydrogen) atoms. The molecule has 0 aliphatic rings.